The number of thiophene rings is 1. The smallest absolute Gasteiger partial charge is 0.0433 e. The topological polar surface area (TPSA) is 0 Å². The minimum Gasteiger partial charge on any atom is -0.135 e. The van der Waals surface area contributed by atoms with Gasteiger partial charge in [-0.25, -0.2) is 0 Å². The zero-order valence-electron chi connectivity index (χ0n) is 31.2. The zero-order chi connectivity index (χ0) is 37.1. The second-order valence-corrected chi connectivity index (χ2v) is 17.1. The lowest BCUT2D eigenvalue weighted by molar-refractivity contribution is 0.661. The number of benzene rings is 10. The van der Waals surface area contributed by atoms with Crippen molar-refractivity contribution >= 4 is 74.6 Å². The molecule has 12 rings (SSSR count). The van der Waals surface area contributed by atoms with E-state index in [1.165, 1.54) is 119 Å². The van der Waals surface area contributed by atoms with Crippen molar-refractivity contribution in [3.63, 3.8) is 0 Å². The third-order valence-electron chi connectivity index (χ3n) is 12.6. The number of hydrogen-bond acceptors (Lipinski definition) is 1. The maximum Gasteiger partial charge on any atom is 0.0433 e. The van der Waals surface area contributed by atoms with Crippen molar-refractivity contribution in [3.8, 4) is 44.5 Å². The average Bonchev–Trinajstić information content (AvgIpc) is 3.73. The monoisotopic (exact) mass is 728 g/mol. The van der Waals surface area contributed by atoms with Gasteiger partial charge in [-0.15, -0.1) is 11.3 Å². The van der Waals surface area contributed by atoms with E-state index < -0.39 is 0 Å². The first-order chi connectivity index (χ1) is 27.5. The van der Waals surface area contributed by atoms with Crippen LogP contribution in [0.1, 0.15) is 25.0 Å². The molecule has 1 heterocycles. The summed E-state index contributed by atoms with van der Waals surface area (Å²) >= 11 is 1.94. The molecule has 0 fully saturated rings. The van der Waals surface area contributed by atoms with Crippen LogP contribution in [0.4, 0.5) is 0 Å². The molecule has 0 atom stereocenters. The Hall–Kier alpha value is -6.54. The fourth-order valence-corrected chi connectivity index (χ4v) is 11.1. The first-order valence-electron chi connectivity index (χ1n) is 19.6. The molecule has 1 heteroatoms. The van der Waals surface area contributed by atoms with Crippen molar-refractivity contribution in [1.29, 1.82) is 0 Å². The quantitative estimate of drug-likeness (QED) is 0.159. The molecule has 1 aromatic heterocycles. The average molecular weight is 729 g/mol. The van der Waals surface area contributed by atoms with Crippen LogP contribution in [-0.4, -0.2) is 0 Å². The molecule has 0 radical (unpaired) electrons. The Bertz CT molecular complexity index is 3370. The maximum atomic E-state index is 2.48. The Kier molecular flexibility index (Phi) is 6.66. The van der Waals surface area contributed by atoms with Gasteiger partial charge >= 0.3 is 0 Å². The normalized spacial score (nSPS) is 13.3. The molecular weight excluding hydrogens is 693 g/mol. The fraction of sp³-hybridized carbons (Fsp3) is 0.0545. The van der Waals surface area contributed by atoms with Crippen LogP contribution in [0.5, 0.6) is 0 Å². The molecule has 1 aliphatic rings. The molecular formula is C55H36S. The summed E-state index contributed by atoms with van der Waals surface area (Å²) in [5, 5.41) is 13.0. The highest BCUT2D eigenvalue weighted by molar-refractivity contribution is 7.26. The minimum absolute atomic E-state index is 0.0688. The summed E-state index contributed by atoms with van der Waals surface area (Å²) in [4.78, 5) is 0. The summed E-state index contributed by atoms with van der Waals surface area (Å²) in [5.74, 6) is 0. The summed E-state index contributed by atoms with van der Waals surface area (Å²) in [5.41, 5.74) is 13.0. The van der Waals surface area contributed by atoms with E-state index in [1.54, 1.807) is 0 Å². The summed E-state index contributed by atoms with van der Waals surface area (Å²) in [6, 6.07) is 68.2. The van der Waals surface area contributed by atoms with Crippen LogP contribution in [0, 0.1) is 0 Å². The largest absolute Gasteiger partial charge is 0.135 e. The summed E-state index contributed by atoms with van der Waals surface area (Å²) < 4.78 is 2.76. The number of rotatable bonds is 3. The molecule has 0 spiro atoms. The predicted octanol–water partition coefficient (Wildman–Crippen LogP) is 16.0. The van der Waals surface area contributed by atoms with E-state index in [9.17, 15) is 0 Å². The van der Waals surface area contributed by atoms with Crippen molar-refractivity contribution < 1.29 is 0 Å². The van der Waals surface area contributed by atoms with Crippen LogP contribution in [0.3, 0.4) is 0 Å². The molecule has 0 bridgehead atoms. The van der Waals surface area contributed by atoms with E-state index in [0.717, 1.165) is 0 Å². The second kappa shape index (κ2) is 11.7. The second-order valence-electron chi connectivity index (χ2n) is 16.0. The van der Waals surface area contributed by atoms with E-state index in [0.29, 0.717) is 0 Å². The highest BCUT2D eigenvalue weighted by Gasteiger charge is 2.36. The van der Waals surface area contributed by atoms with Crippen LogP contribution in [0.15, 0.2) is 182 Å². The predicted molar refractivity (Wildman–Crippen MR) is 243 cm³/mol. The van der Waals surface area contributed by atoms with E-state index in [-0.39, 0.29) is 5.41 Å². The summed E-state index contributed by atoms with van der Waals surface area (Å²) in [6.07, 6.45) is 0. The molecule has 0 aliphatic heterocycles. The number of hydrogen-bond donors (Lipinski definition) is 0. The fourth-order valence-electron chi connectivity index (χ4n) is 9.85. The van der Waals surface area contributed by atoms with Crippen LogP contribution in [0.2, 0.25) is 0 Å². The van der Waals surface area contributed by atoms with E-state index in [1.807, 2.05) is 11.3 Å². The molecule has 11 aromatic rings. The molecule has 1 aliphatic carbocycles. The highest BCUT2D eigenvalue weighted by atomic mass is 32.1. The first kappa shape index (κ1) is 31.8. The van der Waals surface area contributed by atoms with Gasteiger partial charge in [-0.1, -0.05) is 172 Å². The van der Waals surface area contributed by atoms with Gasteiger partial charge < -0.3 is 0 Å². The van der Waals surface area contributed by atoms with Gasteiger partial charge in [0.25, 0.3) is 0 Å². The lowest BCUT2D eigenvalue weighted by atomic mass is 9.82. The van der Waals surface area contributed by atoms with Gasteiger partial charge in [0.15, 0.2) is 0 Å². The Balaban J connectivity index is 0.983. The molecule has 56 heavy (non-hydrogen) atoms. The van der Waals surface area contributed by atoms with Gasteiger partial charge in [-0.05, 0) is 123 Å². The molecule has 0 saturated carbocycles. The third-order valence-corrected chi connectivity index (χ3v) is 13.8. The van der Waals surface area contributed by atoms with Gasteiger partial charge in [0, 0.05) is 25.6 Å². The van der Waals surface area contributed by atoms with Gasteiger partial charge in [0.2, 0.25) is 0 Å². The van der Waals surface area contributed by atoms with E-state index >= 15 is 0 Å². The SMILES string of the molecule is CC1(C)c2ccc(-c3ccc(-c4c5ccccc5c(-c5ccc6ccccc6c5)c5ccccc45)cc3)cc2-c2cc3c(cc21)sc1c2ccccc2ccc31. The Morgan fingerprint density at radius 3 is 1.59 bits per heavy atom. The molecule has 0 unspecified atom stereocenters. The van der Waals surface area contributed by atoms with E-state index in [4.69, 9.17) is 0 Å². The minimum atomic E-state index is -0.0688. The molecule has 262 valence electrons. The highest BCUT2D eigenvalue weighted by Crippen LogP contribution is 2.53. The van der Waals surface area contributed by atoms with Crippen LogP contribution < -0.4 is 0 Å². The third kappa shape index (κ3) is 4.53. The van der Waals surface area contributed by atoms with Gasteiger partial charge in [-0.2, -0.15) is 0 Å². The van der Waals surface area contributed by atoms with Gasteiger partial charge in [-0.3, -0.25) is 0 Å². The van der Waals surface area contributed by atoms with Crippen molar-refractivity contribution in [3.05, 3.63) is 193 Å². The van der Waals surface area contributed by atoms with Crippen LogP contribution in [-0.2, 0) is 5.41 Å². The first-order valence-corrected chi connectivity index (χ1v) is 20.4. The number of fused-ring (bicyclic) bond motifs is 11. The maximum absolute atomic E-state index is 2.48. The zero-order valence-corrected chi connectivity index (χ0v) is 32.0. The van der Waals surface area contributed by atoms with E-state index in [2.05, 4.69) is 196 Å². The van der Waals surface area contributed by atoms with Crippen molar-refractivity contribution in [2.75, 3.05) is 0 Å². The Morgan fingerprint density at radius 2 is 0.875 bits per heavy atom. The van der Waals surface area contributed by atoms with Crippen LogP contribution in [0.25, 0.3) is 108 Å². The Labute approximate surface area is 329 Å². The lowest BCUT2D eigenvalue weighted by Gasteiger charge is -2.21. The van der Waals surface area contributed by atoms with Crippen molar-refractivity contribution in [2.24, 2.45) is 0 Å². The molecule has 0 nitrogen and oxygen atoms in total. The molecule has 10 aromatic carbocycles. The molecule has 0 amide bonds. The van der Waals surface area contributed by atoms with Gasteiger partial charge in [0.1, 0.15) is 0 Å². The van der Waals surface area contributed by atoms with Crippen molar-refractivity contribution in [2.45, 2.75) is 19.3 Å². The molecule has 0 saturated heterocycles. The lowest BCUT2D eigenvalue weighted by Crippen LogP contribution is -2.14. The van der Waals surface area contributed by atoms with Crippen molar-refractivity contribution in [1.82, 2.24) is 0 Å². The standard InChI is InChI=1S/C55H36S/c1-55(2)49-28-26-38(30-46(49)47-31-48-45-27-25-35-12-5-6-14-40(35)54(45)56-51(48)32-50(47)55)34-19-22-36(23-20-34)52-41-15-7-9-17-43(41)53(44-18-10-8-16-42(44)52)39-24-21-33-11-3-4-13-37(33)29-39/h3-32H,1-2H3. The van der Waals surface area contributed by atoms with Crippen LogP contribution >= 0.6 is 11.3 Å². The van der Waals surface area contributed by atoms with Gasteiger partial charge in [0.05, 0.1) is 0 Å². The Morgan fingerprint density at radius 1 is 0.339 bits per heavy atom. The molecule has 0 N–H and O–H groups in total. The summed E-state index contributed by atoms with van der Waals surface area (Å²) in [7, 11) is 0. The summed E-state index contributed by atoms with van der Waals surface area (Å²) in [6.45, 7) is 4.78.